The Labute approximate surface area is 172 Å². The molecule has 0 radical (unpaired) electrons. The Morgan fingerprint density at radius 3 is 2.48 bits per heavy atom. The van der Waals surface area contributed by atoms with Gasteiger partial charge in [-0.25, -0.2) is 4.39 Å². The van der Waals surface area contributed by atoms with E-state index < -0.39 is 0 Å². The SMILES string of the molecule is Cc1nn(Cc2cccc(F)c2)c(C)c1NC(=S)Nc1cc(Cl)cc(Cl)c1. The van der Waals surface area contributed by atoms with Gasteiger partial charge in [0.2, 0.25) is 0 Å². The number of thiocarbonyl (C=S) groups is 1. The molecule has 3 aromatic rings. The first-order valence-electron chi connectivity index (χ1n) is 8.14. The average molecular weight is 423 g/mol. The van der Waals surface area contributed by atoms with Crippen LogP contribution in [0, 0.1) is 19.7 Å². The van der Waals surface area contributed by atoms with Gasteiger partial charge in [-0.3, -0.25) is 4.68 Å². The van der Waals surface area contributed by atoms with Gasteiger partial charge in [-0.1, -0.05) is 35.3 Å². The smallest absolute Gasteiger partial charge is 0.175 e. The fraction of sp³-hybridized carbons (Fsp3) is 0.158. The van der Waals surface area contributed by atoms with E-state index in [0.29, 0.717) is 27.4 Å². The molecule has 0 atom stereocenters. The third-order valence-corrected chi connectivity index (χ3v) is 4.60. The lowest BCUT2D eigenvalue weighted by Gasteiger charge is -2.12. The lowest BCUT2D eigenvalue weighted by Crippen LogP contribution is -2.20. The molecule has 140 valence electrons. The van der Waals surface area contributed by atoms with Crippen LogP contribution in [0.1, 0.15) is 17.0 Å². The Balaban J connectivity index is 1.75. The molecule has 0 saturated heterocycles. The average Bonchev–Trinajstić information content (AvgIpc) is 2.81. The highest BCUT2D eigenvalue weighted by molar-refractivity contribution is 7.80. The van der Waals surface area contributed by atoms with Gasteiger partial charge in [0.25, 0.3) is 0 Å². The summed E-state index contributed by atoms with van der Waals surface area (Å²) in [5.74, 6) is -0.266. The first-order chi connectivity index (χ1) is 12.8. The van der Waals surface area contributed by atoms with Crippen LogP contribution in [0.3, 0.4) is 0 Å². The molecule has 0 bridgehead atoms. The van der Waals surface area contributed by atoms with Crippen LogP contribution in [0.4, 0.5) is 15.8 Å². The zero-order chi connectivity index (χ0) is 19.6. The maximum absolute atomic E-state index is 13.4. The van der Waals surface area contributed by atoms with E-state index in [-0.39, 0.29) is 5.82 Å². The van der Waals surface area contributed by atoms with Crippen molar-refractivity contribution in [1.29, 1.82) is 0 Å². The van der Waals surface area contributed by atoms with Crippen molar-refractivity contribution < 1.29 is 4.39 Å². The van der Waals surface area contributed by atoms with Crippen LogP contribution < -0.4 is 10.6 Å². The normalized spacial score (nSPS) is 10.7. The summed E-state index contributed by atoms with van der Waals surface area (Å²) in [6.07, 6.45) is 0. The minimum atomic E-state index is -0.266. The van der Waals surface area contributed by atoms with E-state index in [2.05, 4.69) is 15.7 Å². The van der Waals surface area contributed by atoms with E-state index >= 15 is 0 Å². The second kappa shape index (κ2) is 8.25. The van der Waals surface area contributed by atoms with Crippen molar-refractivity contribution in [3.63, 3.8) is 0 Å². The number of nitrogens with one attached hydrogen (secondary N) is 2. The van der Waals surface area contributed by atoms with E-state index in [4.69, 9.17) is 35.4 Å². The summed E-state index contributed by atoms with van der Waals surface area (Å²) in [5.41, 5.74) is 4.01. The number of aryl methyl sites for hydroxylation is 1. The van der Waals surface area contributed by atoms with Crippen molar-refractivity contribution in [2.75, 3.05) is 10.6 Å². The lowest BCUT2D eigenvalue weighted by molar-refractivity contribution is 0.616. The molecule has 0 unspecified atom stereocenters. The molecule has 0 aliphatic rings. The molecule has 2 aromatic carbocycles. The van der Waals surface area contributed by atoms with Gasteiger partial charge in [-0.15, -0.1) is 0 Å². The fourth-order valence-corrected chi connectivity index (χ4v) is 3.49. The Bertz CT molecular complexity index is 983. The van der Waals surface area contributed by atoms with Crippen LogP contribution in [0.25, 0.3) is 0 Å². The molecule has 0 amide bonds. The van der Waals surface area contributed by atoms with Crippen LogP contribution in [-0.4, -0.2) is 14.9 Å². The van der Waals surface area contributed by atoms with Gasteiger partial charge in [0.1, 0.15) is 5.82 Å². The predicted octanol–water partition coefficient (Wildman–Crippen LogP) is 5.80. The first-order valence-corrected chi connectivity index (χ1v) is 9.31. The Morgan fingerprint density at radius 1 is 1.11 bits per heavy atom. The number of nitrogens with zero attached hydrogens (tertiary/aromatic N) is 2. The molecular weight excluding hydrogens is 406 g/mol. The summed E-state index contributed by atoms with van der Waals surface area (Å²) in [6.45, 7) is 4.28. The number of halogens is 3. The maximum Gasteiger partial charge on any atom is 0.175 e. The summed E-state index contributed by atoms with van der Waals surface area (Å²) in [5, 5.41) is 12.2. The monoisotopic (exact) mass is 422 g/mol. The largest absolute Gasteiger partial charge is 0.332 e. The predicted molar refractivity (Wildman–Crippen MR) is 114 cm³/mol. The summed E-state index contributed by atoms with van der Waals surface area (Å²) < 4.78 is 15.2. The molecule has 1 heterocycles. The highest BCUT2D eigenvalue weighted by atomic mass is 35.5. The second-order valence-electron chi connectivity index (χ2n) is 6.07. The lowest BCUT2D eigenvalue weighted by atomic mass is 10.2. The van der Waals surface area contributed by atoms with Crippen LogP contribution in [0.15, 0.2) is 42.5 Å². The number of hydrogen-bond donors (Lipinski definition) is 2. The van der Waals surface area contributed by atoms with Crippen molar-refractivity contribution in [2.45, 2.75) is 20.4 Å². The van der Waals surface area contributed by atoms with Gasteiger partial charge in [-0.2, -0.15) is 5.10 Å². The molecule has 4 nitrogen and oxygen atoms in total. The summed E-state index contributed by atoms with van der Waals surface area (Å²) in [4.78, 5) is 0. The van der Waals surface area contributed by atoms with Gasteiger partial charge in [0, 0.05) is 15.7 Å². The van der Waals surface area contributed by atoms with E-state index in [1.165, 1.54) is 12.1 Å². The van der Waals surface area contributed by atoms with Crippen molar-refractivity contribution in [2.24, 2.45) is 0 Å². The van der Waals surface area contributed by atoms with Crippen LogP contribution in [0.5, 0.6) is 0 Å². The van der Waals surface area contributed by atoms with Gasteiger partial charge in [-0.05, 0) is 62.0 Å². The van der Waals surface area contributed by atoms with Crippen LogP contribution in [-0.2, 0) is 6.54 Å². The molecule has 3 rings (SSSR count). The minimum Gasteiger partial charge on any atom is -0.332 e. The highest BCUT2D eigenvalue weighted by Crippen LogP contribution is 2.24. The van der Waals surface area contributed by atoms with Crippen LogP contribution in [0.2, 0.25) is 10.0 Å². The van der Waals surface area contributed by atoms with E-state index in [1.54, 1.807) is 24.3 Å². The molecule has 2 N–H and O–H groups in total. The van der Waals surface area contributed by atoms with E-state index in [9.17, 15) is 4.39 Å². The number of hydrogen-bond acceptors (Lipinski definition) is 2. The number of aromatic nitrogens is 2. The van der Waals surface area contributed by atoms with Crippen LogP contribution >= 0.6 is 35.4 Å². The summed E-state index contributed by atoms with van der Waals surface area (Å²) in [7, 11) is 0. The second-order valence-corrected chi connectivity index (χ2v) is 7.35. The van der Waals surface area contributed by atoms with Gasteiger partial charge < -0.3 is 10.6 Å². The van der Waals surface area contributed by atoms with Gasteiger partial charge in [0.15, 0.2) is 5.11 Å². The molecule has 27 heavy (non-hydrogen) atoms. The summed E-state index contributed by atoms with van der Waals surface area (Å²) >= 11 is 17.4. The Hall–Kier alpha value is -2.15. The van der Waals surface area contributed by atoms with Crippen molar-refractivity contribution >= 4 is 51.9 Å². The molecule has 8 heteroatoms. The Kier molecular flexibility index (Phi) is 5.99. The molecule has 0 aliphatic heterocycles. The van der Waals surface area contributed by atoms with Crippen molar-refractivity contribution in [3.05, 3.63) is 75.3 Å². The molecule has 0 saturated carbocycles. The summed E-state index contributed by atoms with van der Waals surface area (Å²) in [6, 6.07) is 11.6. The number of rotatable bonds is 4. The fourth-order valence-electron chi connectivity index (χ4n) is 2.74. The molecular formula is C19H17Cl2FN4S. The first kappa shape index (κ1) is 19.6. The third kappa shape index (κ3) is 4.97. The maximum atomic E-state index is 13.4. The molecule has 0 aliphatic carbocycles. The topological polar surface area (TPSA) is 41.9 Å². The number of benzene rings is 2. The quantitative estimate of drug-likeness (QED) is 0.521. The van der Waals surface area contributed by atoms with Crippen molar-refractivity contribution in [3.8, 4) is 0 Å². The van der Waals surface area contributed by atoms with Crippen molar-refractivity contribution in [1.82, 2.24) is 9.78 Å². The van der Waals surface area contributed by atoms with Gasteiger partial charge >= 0.3 is 0 Å². The minimum absolute atomic E-state index is 0.266. The highest BCUT2D eigenvalue weighted by Gasteiger charge is 2.13. The van der Waals surface area contributed by atoms with E-state index in [0.717, 1.165) is 22.6 Å². The third-order valence-electron chi connectivity index (χ3n) is 3.96. The Morgan fingerprint density at radius 2 is 1.81 bits per heavy atom. The molecule has 0 spiro atoms. The number of anilines is 2. The molecule has 1 aromatic heterocycles. The molecule has 0 fully saturated rings. The zero-order valence-electron chi connectivity index (χ0n) is 14.7. The van der Waals surface area contributed by atoms with Gasteiger partial charge in [0.05, 0.1) is 23.6 Å². The zero-order valence-corrected chi connectivity index (χ0v) is 17.0. The standard InChI is InChI=1S/C19H17Cl2FN4S/c1-11-18(24-19(27)23-17-8-14(20)7-15(21)9-17)12(2)26(25-11)10-13-4-3-5-16(22)6-13/h3-9H,10H2,1-2H3,(H2,23,24,27). The van der Waals surface area contributed by atoms with E-state index in [1.807, 2.05) is 24.6 Å².